The zero-order chi connectivity index (χ0) is 82.0. The Morgan fingerprint density at radius 1 is 0.301 bits per heavy atom. The molecule has 0 bridgehead atoms. The molecule has 6 rings (SSSR count). The van der Waals surface area contributed by atoms with E-state index < -0.39 is 16.8 Å². The Bertz CT molecular complexity index is 2690. The van der Waals surface area contributed by atoms with E-state index in [9.17, 15) is 33.6 Å². The third kappa shape index (κ3) is 36.7. The number of carbonyl (C=O) groups is 7. The molecule has 0 heterocycles. The SMILES string of the molecule is CC(C)(C)OC(C(=O)C(C)(C)C)C1CC1.CC(C)(C)OC1(C(=O)C(C)(C)C)CCC1.CC(C)(C)OC1(C(=O)C(C)(C)C)CCCC1.CC(C)(C)OCC1(C(=O)C(C)(C)C)CC1.CC(C)(C)OCC1(C(=O)C(C)(C)C)CCC1.CC(C)OC1(C(=O)C(C)(C)C)CC1.CC(OC(C)(C)C)C(=O)C(C)(C)C. The molecule has 0 aromatic rings. The number of hydrogen-bond donors (Lipinski definition) is 0. The largest absolute Gasteiger partial charge is 0.375 e. The molecular formula is C89H166O14. The van der Waals surface area contributed by atoms with Gasteiger partial charge in [-0.25, -0.2) is 0 Å². The van der Waals surface area contributed by atoms with Crippen LogP contribution in [0.5, 0.6) is 0 Å². The molecule has 6 saturated carbocycles. The first-order valence-corrected chi connectivity index (χ1v) is 39.8. The van der Waals surface area contributed by atoms with Gasteiger partial charge in [0.05, 0.1) is 63.8 Å². The highest BCUT2D eigenvalue weighted by Crippen LogP contribution is 2.52. The van der Waals surface area contributed by atoms with Crippen LogP contribution in [-0.2, 0) is 66.7 Å². The van der Waals surface area contributed by atoms with Crippen LogP contribution < -0.4 is 0 Å². The molecule has 0 aromatic heterocycles. The van der Waals surface area contributed by atoms with Crippen LogP contribution in [0.2, 0.25) is 0 Å². The Morgan fingerprint density at radius 3 is 0.777 bits per heavy atom. The topological polar surface area (TPSA) is 184 Å². The summed E-state index contributed by atoms with van der Waals surface area (Å²) in [6.45, 7) is 84.6. The Kier molecular flexibility index (Phi) is 35.1. The Labute approximate surface area is 634 Å². The van der Waals surface area contributed by atoms with Gasteiger partial charge in [-0.3, -0.25) is 33.6 Å². The summed E-state index contributed by atoms with van der Waals surface area (Å²) in [4.78, 5) is 85.3. The maximum absolute atomic E-state index is 12.5. The summed E-state index contributed by atoms with van der Waals surface area (Å²) in [6.07, 6.45) is 15.8. The lowest BCUT2D eigenvalue weighted by molar-refractivity contribution is -0.191. The van der Waals surface area contributed by atoms with Crippen molar-refractivity contribution in [3.63, 3.8) is 0 Å². The smallest absolute Gasteiger partial charge is 0.169 e. The van der Waals surface area contributed by atoms with Crippen molar-refractivity contribution in [1.29, 1.82) is 0 Å². The number of Topliss-reactive ketones (excluding diaryl/α,β-unsaturated/α-hetero) is 7. The van der Waals surface area contributed by atoms with E-state index in [1.807, 2.05) is 291 Å². The third-order valence-corrected chi connectivity index (χ3v) is 18.2. The Hall–Kier alpha value is -2.59. The average Bonchev–Trinajstić information content (AvgIpc) is 1.76. The maximum Gasteiger partial charge on any atom is 0.169 e. The Balaban J connectivity index is 0.00000118. The van der Waals surface area contributed by atoms with Gasteiger partial charge in [0.1, 0.15) is 40.6 Å². The van der Waals surface area contributed by atoms with Crippen molar-refractivity contribution >= 4 is 40.5 Å². The molecule has 14 nitrogen and oxygen atoms in total. The zero-order valence-corrected chi connectivity index (χ0v) is 75.3. The average molecular weight is 1460 g/mol. The molecule has 0 radical (unpaired) electrons. The summed E-state index contributed by atoms with van der Waals surface area (Å²) < 4.78 is 40.9. The molecule has 6 aliphatic rings. The first-order chi connectivity index (χ1) is 45.2. The van der Waals surface area contributed by atoms with Crippen molar-refractivity contribution in [3.05, 3.63) is 0 Å². The fraction of sp³-hybridized carbons (Fsp3) is 0.921. The van der Waals surface area contributed by atoms with Gasteiger partial charge in [0, 0.05) is 37.9 Å². The van der Waals surface area contributed by atoms with Gasteiger partial charge in [0.2, 0.25) is 0 Å². The highest BCUT2D eigenvalue weighted by atomic mass is 16.5. The summed E-state index contributed by atoms with van der Waals surface area (Å²) in [5.41, 5.74) is -5.01. The summed E-state index contributed by atoms with van der Waals surface area (Å²) >= 11 is 0. The molecular weight excluding hydrogens is 1290 g/mol. The van der Waals surface area contributed by atoms with Crippen LogP contribution in [0.15, 0.2) is 0 Å². The van der Waals surface area contributed by atoms with Crippen LogP contribution in [-0.4, -0.2) is 122 Å². The van der Waals surface area contributed by atoms with E-state index in [1.165, 1.54) is 0 Å². The van der Waals surface area contributed by atoms with E-state index >= 15 is 0 Å². The van der Waals surface area contributed by atoms with Crippen molar-refractivity contribution in [3.8, 4) is 0 Å². The molecule has 606 valence electrons. The standard InChI is InChI=1S/2C14H26O2.3C13H24O2.C11H20O2.C11H22O2/c1-12(2,3)11(15)14(8-7-9-14)10-16-13(4,5)6;1-12(2,3)11(15)14(9-7-8-10-14)16-13(4,5)6;1-11(2,3)10(14)13(7-8-13)9-15-12(4,5)6;1-11(2,3)10(14)13(8-7-9-13)15-12(4,5)6;1-12(2,3)11(14)10(9-7-8-9)15-13(4,5)6;1-8(2)13-11(6-7-11)9(12)10(3,4)5;1-8(13-11(5,6)7)9(12)10(2,3)4/h2*7-10H2,1-6H3;2*7-9H2,1-6H3;9-10H,7-8H2,1-6H3;8H,6-7H2,1-5H3;8H,1-7H3. The molecule has 0 saturated heterocycles. The predicted molar refractivity (Wildman–Crippen MR) is 426 cm³/mol. The fourth-order valence-electron chi connectivity index (χ4n) is 13.1. The van der Waals surface area contributed by atoms with Crippen LogP contribution >= 0.6 is 0 Å². The molecule has 0 amide bonds. The molecule has 2 atom stereocenters. The Morgan fingerprint density at radius 2 is 0.583 bits per heavy atom. The minimum absolute atomic E-state index is 0.145. The molecule has 0 N–H and O–H groups in total. The molecule has 2 unspecified atom stereocenters. The number of rotatable bonds is 18. The van der Waals surface area contributed by atoms with E-state index in [2.05, 4.69) is 0 Å². The maximum atomic E-state index is 12.5. The van der Waals surface area contributed by atoms with E-state index in [0.717, 1.165) is 103 Å². The lowest BCUT2D eigenvalue weighted by Gasteiger charge is -2.47. The number of carbonyl (C=O) groups excluding carboxylic acids is 7. The van der Waals surface area contributed by atoms with E-state index in [-0.39, 0.29) is 130 Å². The second kappa shape index (κ2) is 36.1. The second-order valence-corrected chi connectivity index (χ2v) is 44.8. The van der Waals surface area contributed by atoms with E-state index in [0.29, 0.717) is 30.7 Å². The summed E-state index contributed by atoms with van der Waals surface area (Å²) in [5.74, 6) is 2.39. The van der Waals surface area contributed by atoms with Gasteiger partial charge < -0.3 is 33.2 Å². The van der Waals surface area contributed by atoms with Gasteiger partial charge in [0.25, 0.3) is 0 Å². The van der Waals surface area contributed by atoms with Crippen LogP contribution in [0.1, 0.15) is 394 Å². The van der Waals surface area contributed by atoms with Gasteiger partial charge in [-0.1, -0.05) is 152 Å². The summed E-state index contributed by atoms with van der Waals surface area (Å²) in [7, 11) is 0. The van der Waals surface area contributed by atoms with Crippen molar-refractivity contribution in [2.24, 2.45) is 54.7 Å². The van der Waals surface area contributed by atoms with Crippen molar-refractivity contribution in [1.82, 2.24) is 0 Å². The molecule has 0 aliphatic heterocycles. The van der Waals surface area contributed by atoms with Crippen molar-refractivity contribution < 1.29 is 66.7 Å². The molecule has 14 heteroatoms. The quantitative estimate of drug-likeness (QED) is 0.126. The normalized spacial score (nSPS) is 19.9. The van der Waals surface area contributed by atoms with Crippen LogP contribution in [0.4, 0.5) is 0 Å². The van der Waals surface area contributed by atoms with Crippen LogP contribution in [0.3, 0.4) is 0 Å². The molecule has 103 heavy (non-hydrogen) atoms. The van der Waals surface area contributed by atoms with Crippen molar-refractivity contribution in [2.75, 3.05) is 13.2 Å². The summed E-state index contributed by atoms with van der Waals surface area (Å²) in [5, 5.41) is 0. The van der Waals surface area contributed by atoms with Gasteiger partial charge in [0.15, 0.2) is 28.9 Å². The fourth-order valence-corrected chi connectivity index (χ4v) is 13.1. The number of hydrogen-bond acceptors (Lipinski definition) is 14. The van der Waals surface area contributed by atoms with E-state index in [4.69, 9.17) is 33.2 Å². The van der Waals surface area contributed by atoms with Crippen LogP contribution in [0.25, 0.3) is 0 Å². The second-order valence-electron chi connectivity index (χ2n) is 44.8. The van der Waals surface area contributed by atoms with Gasteiger partial charge in [-0.15, -0.1) is 0 Å². The molecule has 6 aliphatic carbocycles. The lowest BCUT2D eigenvalue weighted by Crippen LogP contribution is -2.55. The minimum Gasteiger partial charge on any atom is -0.375 e. The molecule has 0 aromatic carbocycles. The lowest BCUT2D eigenvalue weighted by atomic mass is 9.61. The first kappa shape index (κ1) is 100. The molecule has 0 spiro atoms. The minimum atomic E-state index is -0.517. The predicted octanol–water partition coefficient (Wildman–Crippen LogP) is 22.4. The number of ether oxygens (including phenoxy) is 7. The van der Waals surface area contributed by atoms with Crippen LogP contribution in [0, 0.1) is 54.7 Å². The zero-order valence-electron chi connectivity index (χ0n) is 75.3. The van der Waals surface area contributed by atoms with Gasteiger partial charge >= 0.3 is 0 Å². The van der Waals surface area contributed by atoms with Gasteiger partial charge in [-0.2, -0.15) is 0 Å². The highest BCUT2D eigenvalue weighted by Gasteiger charge is 2.57. The third-order valence-electron chi connectivity index (χ3n) is 18.2. The van der Waals surface area contributed by atoms with Crippen molar-refractivity contribution in [2.45, 2.75) is 462 Å². The summed E-state index contributed by atoms with van der Waals surface area (Å²) in [6, 6.07) is 0. The first-order valence-electron chi connectivity index (χ1n) is 39.8. The van der Waals surface area contributed by atoms with E-state index in [1.54, 1.807) is 0 Å². The van der Waals surface area contributed by atoms with Gasteiger partial charge in [-0.05, 0) is 248 Å². The number of ketones is 7. The monoisotopic (exact) mass is 1460 g/mol. The molecule has 6 fully saturated rings. The highest BCUT2D eigenvalue weighted by molar-refractivity contribution is 5.95.